The van der Waals surface area contributed by atoms with Gasteiger partial charge in [0.05, 0.1) is 12.4 Å². The Morgan fingerprint density at radius 3 is 2.41 bits per heavy atom. The Bertz CT molecular complexity index is 772. The first-order chi connectivity index (χ1) is 12.5. The second-order valence-electron chi connectivity index (χ2n) is 6.14. The minimum atomic E-state index is -4.02. The lowest BCUT2D eigenvalue weighted by atomic mass is 9.84. The standard InChI is InChI=1S/C19H23F4N3O/c1-5-6-7-15-8-9-17(25-11-15)19(22,23)18(27,12-26(4)24)14(3)16(21)10-13(2)20/h8-11,27H,5,12,24H2,1-4H3/b13-10+,16-14-. The van der Waals surface area contributed by atoms with Crippen LogP contribution in [-0.2, 0) is 5.92 Å². The van der Waals surface area contributed by atoms with Gasteiger partial charge in [-0.25, -0.2) is 13.8 Å². The molecule has 0 amide bonds. The number of nitrogens with two attached hydrogens (primary N) is 1. The molecule has 0 aliphatic carbocycles. The maximum atomic E-state index is 15.2. The van der Waals surface area contributed by atoms with Gasteiger partial charge in [0.2, 0.25) is 0 Å². The van der Waals surface area contributed by atoms with Crippen LogP contribution in [0.1, 0.15) is 38.4 Å². The molecule has 1 rings (SSSR count). The summed E-state index contributed by atoms with van der Waals surface area (Å²) >= 11 is 0. The van der Waals surface area contributed by atoms with Crippen LogP contribution in [-0.4, -0.2) is 34.3 Å². The second kappa shape index (κ2) is 9.13. The van der Waals surface area contributed by atoms with Gasteiger partial charge in [-0.3, -0.25) is 10.8 Å². The van der Waals surface area contributed by atoms with Gasteiger partial charge in [-0.1, -0.05) is 18.8 Å². The molecule has 1 aromatic rings. The van der Waals surface area contributed by atoms with Crippen LogP contribution in [0.4, 0.5) is 17.6 Å². The minimum Gasteiger partial charge on any atom is -0.377 e. The molecule has 0 aromatic carbocycles. The van der Waals surface area contributed by atoms with Gasteiger partial charge < -0.3 is 5.11 Å². The largest absolute Gasteiger partial charge is 0.377 e. The Morgan fingerprint density at radius 1 is 1.33 bits per heavy atom. The summed E-state index contributed by atoms with van der Waals surface area (Å²) in [6, 6.07) is 2.33. The molecule has 1 unspecified atom stereocenters. The van der Waals surface area contributed by atoms with E-state index < -0.39 is 41.0 Å². The molecule has 8 heteroatoms. The van der Waals surface area contributed by atoms with Crippen molar-refractivity contribution in [2.24, 2.45) is 5.84 Å². The highest BCUT2D eigenvalue weighted by molar-refractivity contribution is 5.36. The highest BCUT2D eigenvalue weighted by Crippen LogP contribution is 2.44. The van der Waals surface area contributed by atoms with Crippen molar-refractivity contribution in [3.63, 3.8) is 0 Å². The van der Waals surface area contributed by atoms with Gasteiger partial charge in [0.1, 0.15) is 11.5 Å². The van der Waals surface area contributed by atoms with Crippen molar-refractivity contribution in [2.45, 2.75) is 38.7 Å². The lowest BCUT2D eigenvalue weighted by molar-refractivity contribution is -0.178. The van der Waals surface area contributed by atoms with Crippen molar-refractivity contribution < 1.29 is 22.7 Å². The summed E-state index contributed by atoms with van der Waals surface area (Å²) in [7, 11) is 1.24. The second-order valence-corrected chi connectivity index (χ2v) is 6.14. The van der Waals surface area contributed by atoms with E-state index in [-0.39, 0.29) is 0 Å². The van der Waals surface area contributed by atoms with E-state index in [1.165, 1.54) is 13.1 Å². The number of nitrogens with zero attached hydrogens (tertiary/aromatic N) is 2. The molecular formula is C19H23F4N3O. The number of halogens is 4. The average molecular weight is 385 g/mol. The third-order valence-corrected chi connectivity index (χ3v) is 3.80. The molecule has 4 nitrogen and oxygen atoms in total. The highest BCUT2D eigenvalue weighted by Gasteiger charge is 2.57. The Kier molecular flexibility index (Phi) is 7.72. The van der Waals surface area contributed by atoms with E-state index >= 15 is 8.78 Å². The first-order valence-corrected chi connectivity index (χ1v) is 8.17. The molecule has 0 bridgehead atoms. The Labute approximate surface area is 156 Å². The highest BCUT2D eigenvalue weighted by atomic mass is 19.3. The lowest BCUT2D eigenvalue weighted by Gasteiger charge is -2.38. The first kappa shape index (κ1) is 22.8. The summed E-state index contributed by atoms with van der Waals surface area (Å²) in [6.07, 6.45) is 2.15. The van der Waals surface area contributed by atoms with Crippen LogP contribution in [0.15, 0.2) is 41.6 Å². The Hall–Kier alpha value is -2.21. The van der Waals surface area contributed by atoms with Gasteiger partial charge in [0.25, 0.3) is 0 Å². The molecule has 0 aliphatic heterocycles. The van der Waals surface area contributed by atoms with E-state index in [2.05, 4.69) is 16.8 Å². The minimum absolute atomic E-state index is 0.420. The number of aromatic nitrogens is 1. The topological polar surface area (TPSA) is 62.4 Å². The van der Waals surface area contributed by atoms with Crippen molar-refractivity contribution in [1.82, 2.24) is 9.99 Å². The normalized spacial score (nSPS) is 15.7. The number of pyridine rings is 1. The zero-order valence-corrected chi connectivity index (χ0v) is 15.7. The lowest BCUT2D eigenvalue weighted by Crippen LogP contribution is -2.56. The Balaban J connectivity index is 3.50. The summed E-state index contributed by atoms with van der Waals surface area (Å²) < 4.78 is 57.5. The van der Waals surface area contributed by atoms with Crippen LogP contribution >= 0.6 is 0 Å². The van der Waals surface area contributed by atoms with E-state index in [0.29, 0.717) is 18.1 Å². The maximum Gasteiger partial charge on any atom is 0.322 e. The van der Waals surface area contributed by atoms with E-state index in [9.17, 15) is 13.9 Å². The number of aliphatic hydroxyl groups is 1. The van der Waals surface area contributed by atoms with Crippen molar-refractivity contribution in [2.75, 3.05) is 13.6 Å². The fourth-order valence-corrected chi connectivity index (χ4v) is 2.35. The molecule has 0 fully saturated rings. The smallest absolute Gasteiger partial charge is 0.322 e. The molecule has 27 heavy (non-hydrogen) atoms. The summed E-state index contributed by atoms with van der Waals surface area (Å²) in [5, 5.41) is 11.5. The van der Waals surface area contributed by atoms with Crippen LogP contribution in [0.25, 0.3) is 0 Å². The predicted molar refractivity (Wildman–Crippen MR) is 95.7 cm³/mol. The number of rotatable bonds is 6. The zero-order chi connectivity index (χ0) is 20.8. The fourth-order valence-electron chi connectivity index (χ4n) is 2.35. The molecule has 0 aliphatic rings. The number of alkyl halides is 2. The SMILES string of the molecule is CCC#Cc1ccc(C(F)(F)C(O)(CN(C)N)/C(C)=C(F)/C=C(\C)F)nc1. The zero-order valence-electron chi connectivity index (χ0n) is 15.7. The van der Waals surface area contributed by atoms with Gasteiger partial charge in [-0.05, 0) is 26.0 Å². The van der Waals surface area contributed by atoms with Crippen molar-refractivity contribution in [1.29, 1.82) is 0 Å². The molecule has 148 valence electrons. The fraction of sp³-hybridized carbons (Fsp3) is 0.421. The number of hydrogen-bond donors (Lipinski definition) is 2. The third kappa shape index (κ3) is 5.39. The van der Waals surface area contributed by atoms with Crippen LogP contribution in [0.3, 0.4) is 0 Å². The average Bonchev–Trinajstić information content (AvgIpc) is 2.58. The van der Waals surface area contributed by atoms with E-state index in [1.807, 2.05) is 6.92 Å². The van der Waals surface area contributed by atoms with Gasteiger partial charge in [-0.15, -0.1) is 0 Å². The van der Waals surface area contributed by atoms with Gasteiger partial charge >= 0.3 is 5.92 Å². The summed E-state index contributed by atoms with van der Waals surface area (Å²) in [5.74, 6) is 4.69. The molecule has 0 saturated carbocycles. The molecule has 0 spiro atoms. The van der Waals surface area contributed by atoms with Gasteiger partial charge in [0, 0.05) is 36.9 Å². The molecule has 1 heterocycles. The van der Waals surface area contributed by atoms with Crippen molar-refractivity contribution in [3.8, 4) is 11.8 Å². The van der Waals surface area contributed by atoms with E-state index in [1.54, 1.807) is 0 Å². The van der Waals surface area contributed by atoms with E-state index in [4.69, 9.17) is 5.84 Å². The molecular weight excluding hydrogens is 362 g/mol. The first-order valence-electron chi connectivity index (χ1n) is 8.17. The summed E-state index contributed by atoms with van der Waals surface area (Å²) in [5.41, 5.74) is -4.19. The molecule has 1 aromatic heterocycles. The molecule has 1 atom stereocenters. The van der Waals surface area contributed by atoms with Crippen molar-refractivity contribution >= 4 is 0 Å². The van der Waals surface area contributed by atoms with Crippen LogP contribution in [0, 0.1) is 11.8 Å². The molecule has 3 N–H and O–H groups in total. The van der Waals surface area contributed by atoms with Crippen LogP contribution in [0.5, 0.6) is 0 Å². The van der Waals surface area contributed by atoms with E-state index in [0.717, 1.165) is 31.1 Å². The van der Waals surface area contributed by atoms with Crippen LogP contribution < -0.4 is 5.84 Å². The van der Waals surface area contributed by atoms with Gasteiger partial charge in [0.15, 0.2) is 5.60 Å². The number of likely N-dealkylation sites (N-methyl/N-ethyl adjacent to an activating group) is 1. The molecule has 0 saturated heterocycles. The Morgan fingerprint density at radius 2 is 1.96 bits per heavy atom. The number of hydrazine groups is 1. The third-order valence-electron chi connectivity index (χ3n) is 3.80. The maximum absolute atomic E-state index is 15.2. The quantitative estimate of drug-likeness (QED) is 0.258. The van der Waals surface area contributed by atoms with Gasteiger partial charge in [-0.2, -0.15) is 8.78 Å². The monoisotopic (exact) mass is 385 g/mol. The molecule has 0 radical (unpaired) electrons. The van der Waals surface area contributed by atoms with Crippen molar-refractivity contribution in [3.05, 3.63) is 52.9 Å². The van der Waals surface area contributed by atoms with Crippen LogP contribution in [0.2, 0.25) is 0 Å². The number of hydrogen-bond acceptors (Lipinski definition) is 4. The number of allylic oxidation sites excluding steroid dienone is 3. The summed E-state index contributed by atoms with van der Waals surface area (Å²) in [4.78, 5) is 3.67. The summed E-state index contributed by atoms with van der Waals surface area (Å²) in [6.45, 7) is 2.92. The predicted octanol–water partition coefficient (Wildman–Crippen LogP) is 3.59.